The van der Waals surface area contributed by atoms with Gasteiger partial charge in [-0.1, -0.05) is 18.2 Å². The number of likely N-dealkylation sites (tertiary alicyclic amines) is 1. The molecule has 2 aromatic carbocycles. The van der Waals surface area contributed by atoms with Gasteiger partial charge in [0.1, 0.15) is 17.9 Å². The van der Waals surface area contributed by atoms with Crippen LogP contribution in [0, 0.1) is 5.82 Å². The van der Waals surface area contributed by atoms with E-state index in [9.17, 15) is 9.18 Å². The minimum atomic E-state index is -0.212. The molecule has 4 rings (SSSR count). The van der Waals surface area contributed by atoms with E-state index in [0.29, 0.717) is 24.4 Å². The first-order chi connectivity index (χ1) is 13.2. The molecule has 1 saturated heterocycles. The molecule has 1 unspecified atom stereocenters. The Morgan fingerprint density at radius 1 is 1.19 bits per heavy atom. The van der Waals surface area contributed by atoms with Crippen LogP contribution in [0.1, 0.15) is 17.9 Å². The van der Waals surface area contributed by atoms with Crippen LogP contribution in [0.25, 0.3) is 5.69 Å². The molecule has 2 heterocycles. The Labute approximate surface area is 155 Å². The van der Waals surface area contributed by atoms with Gasteiger partial charge in [-0.05, 0) is 52.7 Å². The number of halogens is 1. The van der Waals surface area contributed by atoms with Crippen molar-refractivity contribution in [1.82, 2.24) is 25.1 Å². The van der Waals surface area contributed by atoms with Crippen molar-refractivity contribution in [3.63, 3.8) is 0 Å². The van der Waals surface area contributed by atoms with E-state index < -0.39 is 0 Å². The molecule has 27 heavy (non-hydrogen) atoms. The van der Waals surface area contributed by atoms with Gasteiger partial charge < -0.3 is 9.64 Å². The lowest BCUT2D eigenvalue weighted by Crippen LogP contribution is -2.32. The number of aromatic nitrogens is 4. The van der Waals surface area contributed by atoms with Crippen molar-refractivity contribution in [3.8, 4) is 11.4 Å². The van der Waals surface area contributed by atoms with E-state index in [1.807, 2.05) is 6.07 Å². The van der Waals surface area contributed by atoms with Gasteiger partial charge in [-0.25, -0.2) is 9.07 Å². The second kappa shape index (κ2) is 7.53. The maximum atomic E-state index is 13.9. The van der Waals surface area contributed by atoms with Crippen molar-refractivity contribution in [1.29, 1.82) is 0 Å². The normalized spacial score (nSPS) is 16.5. The maximum Gasteiger partial charge on any atom is 0.260 e. The Hall–Kier alpha value is -3.29. The predicted molar refractivity (Wildman–Crippen MR) is 95.0 cm³/mol. The molecule has 1 aromatic heterocycles. The number of ether oxygens (including phenoxy) is 1. The third kappa shape index (κ3) is 3.79. The molecule has 0 bridgehead atoms. The number of carbonyl (C=O) groups excluding carboxylic acids is 1. The first-order valence-electron chi connectivity index (χ1n) is 8.69. The monoisotopic (exact) mass is 367 g/mol. The zero-order valence-electron chi connectivity index (χ0n) is 14.5. The van der Waals surface area contributed by atoms with Crippen LogP contribution in [0.2, 0.25) is 0 Å². The SMILES string of the molecule is O=C(COc1ccc(-n2cnnn2)cc1)N1CCC(c2ccccc2F)C1. The van der Waals surface area contributed by atoms with E-state index in [-0.39, 0.29) is 24.2 Å². The average molecular weight is 367 g/mol. The molecule has 1 aliphatic heterocycles. The lowest BCUT2D eigenvalue weighted by atomic mass is 9.98. The van der Waals surface area contributed by atoms with Gasteiger partial charge in [0.05, 0.1) is 5.69 Å². The van der Waals surface area contributed by atoms with Crippen LogP contribution in [0.15, 0.2) is 54.9 Å². The van der Waals surface area contributed by atoms with E-state index >= 15 is 0 Å². The quantitative estimate of drug-likeness (QED) is 0.691. The Morgan fingerprint density at radius 2 is 2.00 bits per heavy atom. The molecule has 1 aliphatic rings. The molecule has 7 nitrogen and oxygen atoms in total. The van der Waals surface area contributed by atoms with Crippen LogP contribution in [-0.2, 0) is 4.79 Å². The third-order valence-electron chi connectivity index (χ3n) is 4.70. The topological polar surface area (TPSA) is 73.1 Å². The fraction of sp³-hybridized carbons (Fsp3) is 0.263. The Morgan fingerprint density at radius 3 is 2.74 bits per heavy atom. The Kier molecular flexibility index (Phi) is 4.78. The number of hydrogen-bond acceptors (Lipinski definition) is 5. The zero-order chi connectivity index (χ0) is 18.6. The molecule has 0 radical (unpaired) electrons. The summed E-state index contributed by atoms with van der Waals surface area (Å²) in [6, 6.07) is 13.9. The highest BCUT2D eigenvalue weighted by Crippen LogP contribution is 2.29. The standard InChI is InChI=1S/C19H18FN5O2/c20-18-4-2-1-3-17(18)14-9-10-24(11-14)19(26)12-27-16-7-5-15(6-8-16)25-13-21-22-23-25/h1-8,13-14H,9-12H2. The molecule has 1 atom stereocenters. The summed E-state index contributed by atoms with van der Waals surface area (Å²) in [5, 5.41) is 11.0. The van der Waals surface area contributed by atoms with E-state index in [1.165, 1.54) is 17.1 Å². The van der Waals surface area contributed by atoms with Crippen molar-refractivity contribution >= 4 is 5.91 Å². The minimum Gasteiger partial charge on any atom is -0.484 e. The highest BCUT2D eigenvalue weighted by Gasteiger charge is 2.28. The largest absolute Gasteiger partial charge is 0.484 e. The molecule has 1 fully saturated rings. The maximum absolute atomic E-state index is 13.9. The third-order valence-corrected chi connectivity index (χ3v) is 4.70. The van der Waals surface area contributed by atoms with Crippen molar-refractivity contribution in [2.75, 3.05) is 19.7 Å². The number of rotatable bonds is 5. The lowest BCUT2D eigenvalue weighted by Gasteiger charge is -2.17. The molecular formula is C19H18FN5O2. The highest BCUT2D eigenvalue weighted by atomic mass is 19.1. The number of tetrazole rings is 1. The van der Waals surface area contributed by atoms with Gasteiger partial charge in [0, 0.05) is 19.0 Å². The fourth-order valence-electron chi connectivity index (χ4n) is 3.26. The van der Waals surface area contributed by atoms with Crippen molar-refractivity contribution in [2.24, 2.45) is 0 Å². The molecule has 0 N–H and O–H groups in total. The first-order valence-corrected chi connectivity index (χ1v) is 8.69. The fourth-order valence-corrected chi connectivity index (χ4v) is 3.26. The molecule has 0 saturated carbocycles. The summed E-state index contributed by atoms with van der Waals surface area (Å²) in [5.41, 5.74) is 1.47. The molecule has 0 spiro atoms. The van der Waals surface area contributed by atoms with Crippen LogP contribution in [0.3, 0.4) is 0 Å². The minimum absolute atomic E-state index is 0.0331. The van der Waals surface area contributed by atoms with Crippen molar-refractivity contribution < 1.29 is 13.9 Å². The molecule has 0 aliphatic carbocycles. The molecule has 3 aromatic rings. The first kappa shape index (κ1) is 17.1. The van der Waals surface area contributed by atoms with Crippen molar-refractivity contribution in [3.05, 3.63) is 66.2 Å². The summed E-state index contributed by atoms with van der Waals surface area (Å²) in [6.07, 6.45) is 2.26. The number of benzene rings is 2. The molecule has 8 heteroatoms. The van der Waals surface area contributed by atoms with Crippen LogP contribution in [-0.4, -0.2) is 50.7 Å². The van der Waals surface area contributed by atoms with Gasteiger partial charge >= 0.3 is 0 Å². The number of nitrogens with zero attached hydrogens (tertiary/aromatic N) is 5. The van der Waals surface area contributed by atoms with Gasteiger partial charge in [0.15, 0.2) is 6.61 Å². The summed E-state index contributed by atoms with van der Waals surface area (Å²) >= 11 is 0. The van der Waals surface area contributed by atoms with E-state index in [0.717, 1.165) is 12.1 Å². The average Bonchev–Trinajstić information content (AvgIpc) is 3.39. The molecule has 1 amide bonds. The van der Waals surface area contributed by atoms with Crippen LogP contribution >= 0.6 is 0 Å². The van der Waals surface area contributed by atoms with Gasteiger partial charge in [0.2, 0.25) is 0 Å². The second-order valence-electron chi connectivity index (χ2n) is 6.38. The van der Waals surface area contributed by atoms with E-state index in [4.69, 9.17) is 4.74 Å². The Balaban J connectivity index is 1.32. The molecular weight excluding hydrogens is 349 g/mol. The van der Waals surface area contributed by atoms with Crippen molar-refractivity contribution in [2.45, 2.75) is 12.3 Å². The second-order valence-corrected chi connectivity index (χ2v) is 6.38. The summed E-state index contributed by atoms with van der Waals surface area (Å²) in [6.45, 7) is 1.08. The van der Waals surface area contributed by atoms with Crippen LogP contribution < -0.4 is 4.74 Å². The van der Waals surface area contributed by atoms with Gasteiger partial charge in [0.25, 0.3) is 5.91 Å². The van der Waals surface area contributed by atoms with Gasteiger partial charge in [-0.15, -0.1) is 5.10 Å². The van der Waals surface area contributed by atoms with Gasteiger partial charge in [-0.3, -0.25) is 4.79 Å². The van der Waals surface area contributed by atoms with E-state index in [1.54, 1.807) is 41.3 Å². The lowest BCUT2D eigenvalue weighted by molar-refractivity contribution is -0.132. The number of amides is 1. The summed E-state index contributed by atoms with van der Waals surface area (Å²) in [5.74, 6) is 0.310. The highest BCUT2D eigenvalue weighted by molar-refractivity contribution is 5.78. The van der Waals surface area contributed by atoms with Crippen LogP contribution in [0.4, 0.5) is 4.39 Å². The molecule has 138 valence electrons. The summed E-state index contributed by atoms with van der Waals surface area (Å²) in [4.78, 5) is 14.1. The Bertz CT molecular complexity index is 914. The summed E-state index contributed by atoms with van der Waals surface area (Å²) < 4.78 is 21.1. The van der Waals surface area contributed by atoms with E-state index in [2.05, 4.69) is 15.5 Å². The predicted octanol–water partition coefficient (Wildman–Crippen LogP) is 2.20. The van der Waals surface area contributed by atoms with Crippen LogP contribution in [0.5, 0.6) is 5.75 Å². The number of hydrogen-bond donors (Lipinski definition) is 0. The zero-order valence-corrected chi connectivity index (χ0v) is 14.5. The number of carbonyl (C=O) groups is 1. The van der Waals surface area contributed by atoms with Gasteiger partial charge in [-0.2, -0.15) is 0 Å². The smallest absolute Gasteiger partial charge is 0.260 e. The summed E-state index contributed by atoms with van der Waals surface area (Å²) in [7, 11) is 0.